The number of aromatic nitrogens is 1. The lowest BCUT2D eigenvalue weighted by atomic mass is 9.97. The Morgan fingerprint density at radius 2 is 2.27 bits per heavy atom. The van der Waals surface area contributed by atoms with E-state index in [-0.39, 0.29) is 0 Å². The Hall–Kier alpha value is -1.35. The second-order valence-corrected chi connectivity index (χ2v) is 4.62. The molecule has 76 valence electrons. The predicted octanol–water partition coefficient (Wildman–Crippen LogP) is 2.86. The first-order valence-corrected chi connectivity index (χ1v) is 5.91. The minimum absolute atomic E-state index is 0.430. The van der Waals surface area contributed by atoms with Gasteiger partial charge in [0.2, 0.25) is 0 Å². The molecule has 2 heterocycles. The van der Waals surface area contributed by atoms with E-state index in [4.69, 9.17) is 4.74 Å². The van der Waals surface area contributed by atoms with Crippen LogP contribution in [0.25, 0.3) is 0 Å². The summed E-state index contributed by atoms with van der Waals surface area (Å²) in [6, 6.07) is 8.25. The highest BCUT2D eigenvalue weighted by atomic mass is 32.1. The molecule has 1 aromatic heterocycles. The van der Waals surface area contributed by atoms with E-state index in [1.54, 1.807) is 11.3 Å². The van der Waals surface area contributed by atoms with Crippen molar-refractivity contribution >= 4 is 11.3 Å². The lowest BCUT2D eigenvalue weighted by Crippen LogP contribution is -2.18. The summed E-state index contributed by atoms with van der Waals surface area (Å²) in [7, 11) is 0. The highest BCUT2D eigenvalue weighted by Crippen LogP contribution is 2.32. The fraction of sp³-hybridized carbons (Fsp3) is 0.250. The fourth-order valence-corrected chi connectivity index (χ4v) is 2.65. The molecule has 1 unspecified atom stereocenters. The molecule has 1 aliphatic rings. The van der Waals surface area contributed by atoms with Gasteiger partial charge < -0.3 is 4.74 Å². The van der Waals surface area contributed by atoms with Crippen LogP contribution in [0, 0.1) is 0 Å². The van der Waals surface area contributed by atoms with Crippen molar-refractivity contribution in [1.29, 1.82) is 0 Å². The van der Waals surface area contributed by atoms with Crippen LogP contribution in [0.1, 0.15) is 16.5 Å². The lowest BCUT2D eigenvalue weighted by molar-refractivity contribution is 0.262. The van der Waals surface area contributed by atoms with Crippen LogP contribution >= 0.6 is 11.3 Å². The van der Waals surface area contributed by atoms with Gasteiger partial charge in [0.1, 0.15) is 5.75 Å². The number of fused-ring (bicyclic) bond motifs is 1. The number of hydrogen-bond acceptors (Lipinski definition) is 3. The zero-order valence-electron chi connectivity index (χ0n) is 8.22. The van der Waals surface area contributed by atoms with E-state index < -0.39 is 0 Å². The minimum atomic E-state index is 0.430. The van der Waals surface area contributed by atoms with Crippen LogP contribution in [-0.2, 0) is 6.42 Å². The standard InChI is InChI=1S/C12H11NOS/c1-2-4-11-9(3-1)7-10(8-14-11)12-13-5-6-15-12/h1-6,10H,7-8H2. The molecule has 0 spiro atoms. The Morgan fingerprint density at radius 3 is 3.13 bits per heavy atom. The van der Waals surface area contributed by atoms with E-state index >= 15 is 0 Å². The first-order valence-electron chi connectivity index (χ1n) is 5.03. The summed E-state index contributed by atoms with van der Waals surface area (Å²) in [6.07, 6.45) is 2.91. The highest BCUT2D eigenvalue weighted by molar-refractivity contribution is 7.09. The van der Waals surface area contributed by atoms with E-state index in [9.17, 15) is 0 Å². The molecular formula is C12H11NOS. The van der Waals surface area contributed by atoms with Gasteiger partial charge in [0, 0.05) is 17.5 Å². The number of rotatable bonds is 1. The van der Waals surface area contributed by atoms with Gasteiger partial charge in [-0.2, -0.15) is 0 Å². The van der Waals surface area contributed by atoms with Gasteiger partial charge in [-0.15, -0.1) is 11.3 Å². The second-order valence-electron chi connectivity index (χ2n) is 3.69. The van der Waals surface area contributed by atoms with Gasteiger partial charge in [-0.1, -0.05) is 18.2 Å². The molecule has 15 heavy (non-hydrogen) atoms. The Labute approximate surface area is 92.6 Å². The molecule has 0 N–H and O–H groups in total. The molecule has 3 rings (SSSR count). The quantitative estimate of drug-likeness (QED) is 0.732. The lowest BCUT2D eigenvalue weighted by Gasteiger charge is -2.23. The van der Waals surface area contributed by atoms with E-state index in [0.29, 0.717) is 5.92 Å². The summed E-state index contributed by atoms with van der Waals surface area (Å²) in [6.45, 7) is 0.754. The normalized spacial score (nSPS) is 19.3. The Morgan fingerprint density at radius 1 is 1.33 bits per heavy atom. The Kier molecular flexibility index (Phi) is 2.18. The van der Waals surface area contributed by atoms with Gasteiger partial charge >= 0.3 is 0 Å². The smallest absolute Gasteiger partial charge is 0.122 e. The molecular weight excluding hydrogens is 206 g/mol. The first kappa shape index (κ1) is 8.92. The number of ether oxygens (including phenoxy) is 1. The molecule has 0 fully saturated rings. The molecule has 1 aliphatic heterocycles. The third kappa shape index (κ3) is 1.63. The molecule has 0 amide bonds. The monoisotopic (exact) mass is 217 g/mol. The van der Waals surface area contributed by atoms with Crippen molar-refractivity contribution in [1.82, 2.24) is 4.98 Å². The summed E-state index contributed by atoms with van der Waals surface area (Å²) in [4.78, 5) is 4.35. The van der Waals surface area contributed by atoms with Crippen molar-refractivity contribution in [2.75, 3.05) is 6.61 Å². The van der Waals surface area contributed by atoms with Crippen LogP contribution in [0.4, 0.5) is 0 Å². The minimum Gasteiger partial charge on any atom is -0.493 e. The number of benzene rings is 1. The van der Waals surface area contributed by atoms with Crippen molar-refractivity contribution in [3.8, 4) is 5.75 Å². The van der Waals surface area contributed by atoms with Crippen LogP contribution in [-0.4, -0.2) is 11.6 Å². The molecule has 0 bridgehead atoms. The first-order chi connectivity index (χ1) is 7.43. The van der Waals surface area contributed by atoms with Gasteiger partial charge in [0.25, 0.3) is 0 Å². The third-order valence-corrected chi connectivity index (χ3v) is 3.62. The van der Waals surface area contributed by atoms with Crippen molar-refractivity contribution in [3.63, 3.8) is 0 Å². The van der Waals surface area contributed by atoms with Crippen molar-refractivity contribution in [2.24, 2.45) is 0 Å². The zero-order chi connectivity index (χ0) is 10.1. The maximum Gasteiger partial charge on any atom is 0.122 e. The Bertz CT molecular complexity index is 452. The number of thiazole rings is 1. The summed E-state index contributed by atoms with van der Waals surface area (Å²) in [5.41, 5.74) is 1.30. The molecule has 2 aromatic rings. The number of hydrogen-bond donors (Lipinski definition) is 0. The third-order valence-electron chi connectivity index (χ3n) is 2.68. The average Bonchev–Trinajstić information content (AvgIpc) is 2.82. The summed E-state index contributed by atoms with van der Waals surface area (Å²) >= 11 is 1.71. The van der Waals surface area contributed by atoms with Gasteiger partial charge in [-0.05, 0) is 18.1 Å². The Balaban J connectivity index is 1.89. The molecule has 0 aliphatic carbocycles. The van der Waals surface area contributed by atoms with Crippen molar-refractivity contribution in [2.45, 2.75) is 12.3 Å². The SMILES string of the molecule is c1ccc2c(c1)CC(c1nccs1)CO2. The summed E-state index contributed by atoms with van der Waals surface area (Å²) < 4.78 is 5.73. The van der Waals surface area contributed by atoms with E-state index in [2.05, 4.69) is 17.1 Å². The summed E-state index contributed by atoms with van der Waals surface area (Å²) in [5, 5.41) is 3.21. The van der Waals surface area contributed by atoms with Crippen LogP contribution < -0.4 is 4.74 Å². The van der Waals surface area contributed by atoms with E-state index in [1.807, 2.05) is 23.7 Å². The second kappa shape index (κ2) is 3.66. The van der Waals surface area contributed by atoms with Crippen LogP contribution in [0.3, 0.4) is 0 Å². The fourth-order valence-electron chi connectivity index (χ4n) is 1.92. The highest BCUT2D eigenvalue weighted by Gasteiger charge is 2.22. The topological polar surface area (TPSA) is 22.1 Å². The van der Waals surface area contributed by atoms with E-state index in [1.165, 1.54) is 10.6 Å². The molecule has 2 nitrogen and oxygen atoms in total. The van der Waals surface area contributed by atoms with Crippen molar-refractivity contribution in [3.05, 3.63) is 46.4 Å². The largest absolute Gasteiger partial charge is 0.493 e. The van der Waals surface area contributed by atoms with Gasteiger partial charge in [0.05, 0.1) is 11.6 Å². The van der Waals surface area contributed by atoms with Gasteiger partial charge in [0.15, 0.2) is 0 Å². The van der Waals surface area contributed by atoms with Gasteiger partial charge in [-0.3, -0.25) is 0 Å². The molecule has 3 heteroatoms. The molecule has 1 atom stereocenters. The van der Waals surface area contributed by atoms with Crippen LogP contribution in [0.5, 0.6) is 5.75 Å². The molecule has 1 aromatic carbocycles. The van der Waals surface area contributed by atoms with Gasteiger partial charge in [-0.25, -0.2) is 4.98 Å². The molecule has 0 saturated carbocycles. The van der Waals surface area contributed by atoms with Crippen LogP contribution in [0.2, 0.25) is 0 Å². The maximum absolute atomic E-state index is 5.73. The predicted molar refractivity (Wildman–Crippen MR) is 60.5 cm³/mol. The zero-order valence-corrected chi connectivity index (χ0v) is 9.04. The van der Waals surface area contributed by atoms with E-state index in [0.717, 1.165) is 18.8 Å². The molecule has 0 radical (unpaired) electrons. The number of nitrogens with zero attached hydrogens (tertiary/aromatic N) is 1. The summed E-state index contributed by atoms with van der Waals surface area (Å²) in [5.74, 6) is 1.46. The molecule has 0 saturated heterocycles. The van der Waals surface area contributed by atoms with Crippen molar-refractivity contribution < 1.29 is 4.74 Å². The average molecular weight is 217 g/mol. The maximum atomic E-state index is 5.73. The van der Waals surface area contributed by atoms with Crippen LogP contribution in [0.15, 0.2) is 35.8 Å². The number of para-hydroxylation sites is 1.